The molecule has 45 heavy (non-hydrogen) atoms. The molecule has 4 aromatic rings. The Morgan fingerprint density at radius 2 is 2.11 bits per heavy atom. The molecule has 0 unspecified atom stereocenters. The van der Waals surface area contributed by atoms with Crippen molar-refractivity contribution in [3.8, 4) is 17.3 Å². The van der Waals surface area contributed by atoms with Gasteiger partial charge in [0.15, 0.2) is 5.82 Å². The first-order chi connectivity index (χ1) is 21.8. The van der Waals surface area contributed by atoms with E-state index in [1.54, 1.807) is 18.5 Å². The van der Waals surface area contributed by atoms with Crippen LogP contribution in [0, 0.1) is 12.7 Å². The highest BCUT2D eigenvalue weighted by molar-refractivity contribution is 6.32. The van der Waals surface area contributed by atoms with E-state index in [2.05, 4.69) is 30.4 Å². The second-order valence-corrected chi connectivity index (χ2v) is 12.7. The number of alkyl carbamates (subject to hydrolysis) is 1. The molecule has 0 spiro atoms. The van der Waals surface area contributed by atoms with E-state index in [4.69, 9.17) is 26.1 Å². The minimum Gasteiger partial charge on any atom is -0.461 e. The highest BCUT2D eigenvalue weighted by atomic mass is 35.5. The second-order valence-electron chi connectivity index (χ2n) is 12.3. The van der Waals surface area contributed by atoms with Gasteiger partial charge in [0.1, 0.15) is 29.8 Å². The largest absolute Gasteiger partial charge is 0.461 e. The highest BCUT2D eigenvalue weighted by Crippen LogP contribution is 2.42. The lowest BCUT2D eigenvalue weighted by Gasteiger charge is -2.31. The van der Waals surface area contributed by atoms with Crippen molar-refractivity contribution in [2.75, 3.05) is 44.3 Å². The minimum absolute atomic E-state index is 0.00659. The summed E-state index contributed by atoms with van der Waals surface area (Å²) in [5.41, 5.74) is 1.54. The molecule has 0 aliphatic carbocycles. The summed E-state index contributed by atoms with van der Waals surface area (Å²) >= 11 is 6.52. The van der Waals surface area contributed by atoms with Crippen LogP contribution in [0.5, 0.6) is 6.01 Å². The van der Waals surface area contributed by atoms with E-state index in [0.29, 0.717) is 77.3 Å². The number of carbonyl (C=O) groups is 1. The molecule has 3 atom stereocenters. The first-order valence-corrected chi connectivity index (χ1v) is 15.8. The van der Waals surface area contributed by atoms with Crippen LogP contribution < -0.4 is 15.0 Å². The molecule has 2 N–H and O–H groups in total. The fourth-order valence-corrected chi connectivity index (χ4v) is 7.29. The number of alkyl halides is 1. The number of nitrogens with zero attached hydrogens (tertiary/aromatic N) is 6. The number of aromatic nitrogens is 5. The fourth-order valence-electron chi connectivity index (χ4n) is 7.09. The first-order valence-electron chi connectivity index (χ1n) is 15.5. The minimum atomic E-state index is -0.910. The van der Waals surface area contributed by atoms with Gasteiger partial charge in [-0.25, -0.2) is 13.6 Å². The van der Waals surface area contributed by atoms with E-state index < -0.39 is 23.6 Å². The van der Waals surface area contributed by atoms with Crippen LogP contribution in [0.25, 0.3) is 33.1 Å². The van der Waals surface area contributed by atoms with E-state index in [9.17, 15) is 9.18 Å². The molecular weight excluding hydrogens is 606 g/mol. The number of benzene rings is 1. The van der Waals surface area contributed by atoms with Crippen molar-refractivity contribution in [3.63, 3.8) is 0 Å². The molecule has 11 nitrogen and oxygen atoms in total. The molecule has 238 valence electrons. The summed E-state index contributed by atoms with van der Waals surface area (Å²) in [6, 6.07) is 1.57. The van der Waals surface area contributed by atoms with Crippen LogP contribution in [0.1, 0.15) is 44.6 Å². The smallest absolute Gasteiger partial charge is 0.407 e. The quantitative estimate of drug-likeness (QED) is 0.263. The summed E-state index contributed by atoms with van der Waals surface area (Å²) in [6.07, 6.45) is 5.35. The normalized spacial score (nSPS) is 23.3. The van der Waals surface area contributed by atoms with Gasteiger partial charge in [-0.15, -0.1) is 0 Å². The number of amides is 1. The molecule has 1 aromatic carbocycles. The van der Waals surface area contributed by atoms with Gasteiger partial charge in [0, 0.05) is 48.2 Å². The standard InChI is InChI=1S/C31H35ClF2N8O3/c1-3-9-44-30(43)37-19-5-8-41(15-19)28-21-12-35-27(24-17(2)22(32)10-23-20(24)13-36-40-23)25(34)26(21)38-29(39-28)45-16-31-6-4-7-42(31)14-18(33)11-31/h10,12-13,18-19H,3-9,11,14-16H2,1-2H3,(H,36,40)(H,37,43)/t18-,19-,31+/m1/s1. The zero-order valence-electron chi connectivity index (χ0n) is 25.2. The molecule has 3 fully saturated rings. The van der Waals surface area contributed by atoms with Crippen LogP contribution in [0.3, 0.4) is 0 Å². The van der Waals surface area contributed by atoms with E-state index >= 15 is 4.39 Å². The van der Waals surface area contributed by atoms with Crippen molar-refractivity contribution in [1.82, 2.24) is 35.4 Å². The topological polar surface area (TPSA) is 121 Å². The molecule has 14 heteroatoms. The van der Waals surface area contributed by atoms with Gasteiger partial charge in [-0.2, -0.15) is 15.1 Å². The molecule has 3 aliphatic heterocycles. The lowest BCUT2D eigenvalue weighted by Crippen LogP contribution is -2.43. The molecule has 3 aromatic heterocycles. The van der Waals surface area contributed by atoms with Crippen LogP contribution in [0.2, 0.25) is 5.02 Å². The maximum atomic E-state index is 16.7. The average molecular weight is 641 g/mol. The lowest BCUT2D eigenvalue weighted by atomic mass is 9.95. The van der Waals surface area contributed by atoms with Crippen molar-refractivity contribution >= 4 is 45.3 Å². The Hall–Kier alpha value is -3.84. The molecule has 0 saturated carbocycles. The van der Waals surface area contributed by atoms with Crippen molar-refractivity contribution in [2.45, 2.75) is 63.7 Å². The van der Waals surface area contributed by atoms with Crippen molar-refractivity contribution in [3.05, 3.63) is 34.9 Å². The predicted molar refractivity (Wildman–Crippen MR) is 166 cm³/mol. The van der Waals surface area contributed by atoms with Gasteiger partial charge in [0.2, 0.25) is 0 Å². The molecule has 6 heterocycles. The lowest BCUT2D eigenvalue weighted by molar-refractivity contribution is 0.107. The molecule has 1 amide bonds. The number of hydrogen-bond acceptors (Lipinski definition) is 9. The monoisotopic (exact) mass is 640 g/mol. The average Bonchev–Trinajstić information content (AvgIpc) is 3.81. The Kier molecular flexibility index (Phi) is 7.84. The highest BCUT2D eigenvalue weighted by Gasteiger charge is 2.49. The SMILES string of the molecule is CCCOC(=O)N[C@@H]1CCN(c2nc(OC[C@@]34CCCN3C[C@H](F)C4)nc3c(F)c(-c4c(C)c(Cl)cc5[nH]ncc45)ncc23)C1. The second kappa shape index (κ2) is 11.8. The number of nitrogens with one attached hydrogen (secondary N) is 2. The van der Waals surface area contributed by atoms with Crippen LogP contribution in [-0.4, -0.2) is 93.3 Å². The van der Waals surface area contributed by atoms with E-state index in [0.717, 1.165) is 25.8 Å². The Labute approximate surface area is 263 Å². The van der Waals surface area contributed by atoms with Crippen LogP contribution in [0.15, 0.2) is 18.5 Å². The van der Waals surface area contributed by atoms with E-state index in [1.165, 1.54) is 0 Å². The summed E-state index contributed by atoms with van der Waals surface area (Å²) in [7, 11) is 0. The van der Waals surface area contributed by atoms with Gasteiger partial charge in [-0.3, -0.25) is 15.0 Å². The maximum absolute atomic E-state index is 16.7. The molecule has 3 saturated heterocycles. The van der Waals surface area contributed by atoms with Gasteiger partial charge in [0.05, 0.1) is 35.3 Å². The Bertz CT molecular complexity index is 1770. The number of aromatic amines is 1. The maximum Gasteiger partial charge on any atom is 0.407 e. The van der Waals surface area contributed by atoms with Gasteiger partial charge in [-0.1, -0.05) is 18.5 Å². The zero-order valence-corrected chi connectivity index (χ0v) is 26.0. The molecule has 0 bridgehead atoms. The Morgan fingerprint density at radius 3 is 2.96 bits per heavy atom. The van der Waals surface area contributed by atoms with Crippen LogP contribution >= 0.6 is 11.6 Å². The van der Waals surface area contributed by atoms with Crippen molar-refractivity contribution < 1.29 is 23.0 Å². The predicted octanol–water partition coefficient (Wildman–Crippen LogP) is 5.34. The molecule has 7 rings (SSSR count). The summed E-state index contributed by atoms with van der Waals surface area (Å²) in [5.74, 6) is -0.192. The van der Waals surface area contributed by atoms with Crippen LogP contribution in [-0.2, 0) is 4.74 Å². The van der Waals surface area contributed by atoms with Crippen LogP contribution in [0.4, 0.5) is 19.4 Å². The summed E-state index contributed by atoms with van der Waals surface area (Å²) in [6.45, 7) is 6.48. The zero-order chi connectivity index (χ0) is 31.3. The fraction of sp³-hybridized carbons (Fsp3) is 0.516. The summed E-state index contributed by atoms with van der Waals surface area (Å²) < 4.78 is 42.6. The van der Waals surface area contributed by atoms with Gasteiger partial charge in [0.25, 0.3) is 0 Å². The third kappa shape index (κ3) is 5.39. The van der Waals surface area contributed by atoms with E-state index in [1.807, 2.05) is 18.7 Å². The van der Waals surface area contributed by atoms with Gasteiger partial charge >= 0.3 is 12.1 Å². The van der Waals surface area contributed by atoms with Gasteiger partial charge < -0.3 is 19.7 Å². The van der Waals surface area contributed by atoms with Crippen molar-refractivity contribution in [2.24, 2.45) is 0 Å². The number of halogens is 3. The number of carbonyl (C=O) groups excluding carboxylic acids is 1. The Morgan fingerprint density at radius 1 is 1.24 bits per heavy atom. The number of H-pyrrole nitrogens is 1. The Balaban J connectivity index is 1.28. The molecular formula is C31H35ClF2N8O3. The van der Waals surface area contributed by atoms with E-state index in [-0.39, 0.29) is 29.9 Å². The number of fused-ring (bicyclic) bond motifs is 3. The number of rotatable bonds is 8. The third-order valence-corrected chi connectivity index (χ3v) is 9.69. The third-order valence-electron chi connectivity index (χ3n) is 9.30. The molecule has 0 radical (unpaired) electrons. The number of ether oxygens (including phenoxy) is 2. The molecule has 3 aliphatic rings. The summed E-state index contributed by atoms with van der Waals surface area (Å²) in [4.78, 5) is 30.2. The van der Waals surface area contributed by atoms with Gasteiger partial charge in [-0.05, 0) is 50.8 Å². The summed E-state index contributed by atoms with van der Waals surface area (Å²) in [5, 5.41) is 11.5. The van der Waals surface area contributed by atoms with Crippen molar-refractivity contribution in [1.29, 1.82) is 0 Å². The number of hydrogen-bond donors (Lipinski definition) is 2. The number of anilines is 1. The first kappa shape index (κ1) is 29.8. The number of pyridine rings is 1.